The molecule has 0 fully saturated rings. The summed E-state index contributed by atoms with van der Waals surface area (Å²) in [6, 6.07) is 10.5. The highest BCUT2D eigenvalue weighted by atomic mass is 35.5. The molecule has 180 valence electrons. The lowest BCUT2D eigenvalue weighted by molar-refractivity contribution is -0.143. The minimum Gasteiger partial charge on any atom is -0.497 e. The van der Waals surface area contributed by atoms with Gasteiger partial charge in [0, 0.05) is 17.6 Å². The number of ether oxygens (including phenoxy) is 2. The molecule has 0 saturated carbocycles. The maximum atomic E-state index is 13.3. The van der Waals surface area contributed by atoms with E-state index in [-0.39, 0.29) is 31.0 Å². The summed E-state index contributed by atoms with van der Waals surface area (Å²) in [5.74, 6) is 0.831. The van der Waals surface area contributed by atoms with Crippen LogP contribution in [0.3, 0.4) is 0 Å². The Kier molecular flexibility index (Phi) is 10.0. The Balaban J connectivity index is 2.27. The first kappa shape index (κ1) is 26.5. The molecule has 0 spiro atoms. The first-order chi connectivity index (χ1) is 15.7. The number of carbonyl (C=O) groups excluding carboxylic acids is 2. The number of rotatable bonds is 11. The van der Waals surface area contributed by atoms with Crippen molar-refractivity contribution in [2.45, 2.75) is 66.1 Å². The largest absolute Gasteiger partial charge is 0.497 e. The second kappa shape index (κ2) is 12.5. The fraction of sp³-hybridized carbons (Fsp3) is 0.462. The van der Waals surface area contributed by atoms with Crippen LogP contribution in [0.25, 0.3) is 0 Å². The van der Waals surface area contributed by atoms with E-state index < -0.39 is 6.04 Å². The monoisotopic (exact) mass is 474 g/mol. The van der Waals surface area contributed by atoms with Crippen LogP contribution in [0.2, 0.25) is 5.02 Å². The van der Waals surface area contributed by atoms with E-state index in [0.717, 1.165) is 23.1 Å². The van der Waals surface area contributed by atoms with Crippen molar-refractivity contribution in [3.8, 4) is 11.5 Å². The van der Waals surface area contributed by atoms with Crippen LogP contribution in [0, 0.1) is 13.8 Å². The van der Waals surface area contributed by atoms with Gasteiger partial charge in [0.1, 0.15) is 17.5 Å². The summed E-state index contributed by atoms with van der Waals surface area (Å²) >= 11 is 6.24. The standard InChI is InChI=1S/C26H35ClN2O4/c1-7-19(5)28-26(31)23(8-2)29(15-20-10-9-11-21(14-20)32-6)24(30)16-33-22-12-17(3)25(27)18(4)13-22/h9-14,19,23H,7-8,15-16H2,1-6H3,(H,28,31)/t19-,23-/m1/s1. The Morgan fingerprint density at radius 2 is 1.73 bits per heavy atom. The molecule has 0 saturated heterocycles. The summed E-state index contributed by atoms with van der Waals surface area (Å²) in [6.45, 7) is 9.74. The van der Waals surface area contributed by atoms with Crippen LogP contribution in [0.1, 0.15) is 50.3 Å². The van der Waals surface area contributed by atoms with Crippen LogP contribution < -0.4 is 14.8 Å². The summed E-state index contributed by atoms with van der Waals surface area (Å²) in [7, 11) is 1.60. The van der Waals surface area contributed by atoms with Gasteiger partial charge >= 0.3 is 0 Å². The Hall–Kier alpha value is -2.73. The van der Waals surface area contributed by atoms with Crippen molar-refractivity contribution >= 4 is 23.4 Å². The summed E-state index contributed by atoms with van der Waals surface area (Å²) in [5.41, 5.74) is 2.63. The Labute approximate surface area is 202 Å². The van der Waals surface area contributed by atoms with Crippen molar-refractivity contribution in [3.63, 3.8) is 0 Å². The summed E-state index contributed by atoms with van der Waals surface area (Å²) < 4.78 is 11.1. The van der Waals surface area contributed by atoms with Crippen LogP contribution in [0.4, 0.5) is 0 Å². The Morgan fingerprint density at radius 3 is 2.30 bits per heavy atom. The van der Waals surface area contributed by atoms with Gasteiger partial charge in [0.05, 0.1) is 7.11 Å². The minimum atomic E-state index is -0.616. The number of nitrogens with one attached hydrogen (secondary N) is 1. The number of aryl methyl sites for hydroxylation is 2. The van der Waals surface area contributed by atoms with Crippen molar-refractivity contribution in [2.75, 3.05) is 13.7 Å². The molecule has 0 heterocycles. The Morgan fingerprint density at radius 1 is 1.06 bits per heavy atom. The predicted octanol–water partition coefficient (Wildman–Crippen LogP) is 5.07. The average Bonchev–Trinajstić information content (AvgIpc) is 2.80. The molecule has 7 heteroatoms. The fourth-order valence-corrected chi connectivity index (χ4v) is 3.65. The first-order valence-corrected chi connectivity index (χ1v) is 11.7. The third kappa shape index (κ3) is 7.39. The van der Waals surface area contributed by atoms with Gasteiger partial charge in [-0.1, -0.05) is 37.6 Å². The number of hydrogen-bond acceptors (Lipinski definition) is 4. The lowest BCUT2D eigenvalue weighted by Crippen LogP contribution is -2.51. The van der Waals surface area contributed by atoms with E-state index in [1.54, 1.807) is 12.0 Å². The molecular weight excluding hydrogens is 440 g/mol. The number of carbonyl (C=O) groups is 2. The highest BCUT2D eigenvalue weighted by Crippen LogP contribution is 2.26. The summed E-state index contributed by atoms with van der Waals surface area (Å²) in [4.78, 5) is 27.9. The van der Waals surface area contributed by atoms with Gasteiger partial charge in [-0.3, -0.25) is 9.59 Å². The van der Waals surface area contributed by atoms with Crippen molar-refractivity contribution < 1.29 is 19.1 Å². The molecule has 2 rings (SSSR count). The topological polar surface area (TPSA) is 67.9 Å². The summed E-state index contributed by atoms with van der Waals surface area (Å²) in [5, 5.41) is 3.69. The van der Waals surface area contributed by atoms with Gasteiger partial charge in [-0.05, 0) is 74.6 Å². The SMILES string of the molecule is CC[C@@H](C)NC(=O)[C@@H](CC)N(Cc1cccc(OC)c1)C(=O)COc1cc(C)c(Cl)c(C)c1. The van der Waals surface area contributed by atoms with Gasteiger partial charge in [-0.25, -0.2) is 0 Å². The molecule has 2 aromatic carbocycles. The zero-order valence-electron chi connectivity index (χ0n) is 20.4. The van der Waals surface area contributed by atoms with Crippen LogP contribution in [-0.4, -0.2) is 42.5 Å². The first-order valence-electron chi connectivity index (χ1n) is 11.3. The van der Waals surface area contributed by atoms with Crippen LogP contribution >= 0.6 is 11.6 Å². The van der Waals surface area contributed by atoms with E-state index in [0.29, 0.717) is 22.9 Å². The molecule has 0 aliphatic carbocycles. The third-order valence-corrected chi connectivity index (χ3v) is 6.24. The Bertz CT molecular complexity index is 940. The molecule has 2 atom stereocenters. The third-order valence-electron chi connectivity index (χ3n) is 5.65. The molecule has 0 aliphatic heterocycles. The van der Waals surface area contributed by atoms with E-state index >= 15 is 0 Å². The van der Waals surface area contributed by atoms with Gasteiger partial charge < -0.3 is 19.7 Å². The van der Waals surface area contributed by atoms with Gasteiger partial charge in [-0.15, -0.1) is 0 Å². The molecule has 0 unspecified atom stereocenters. The molecule has 0 aliphatic rings. The molecule has 6 nitrogen and oxygen atoms in total. The lowest BCUT2D eigenvalue weighted by atomic mass is 10.1. The molecule has 0 aromatic heterocycles. The second-order valence-electron chi connectivity index (χ2n) is 8.27. The van der Waals surface area contributed by atoms with Crippen LogP contribution in [0.15, 0.2) is 36.4 Å². The second-order valence-corrected chi connectivity index (χ2v) is 8.65. The zero-order valence-corrected chi connectivity index (χ0v) is 21.2. The molecule has 0 radical (unpaired) electrons. The maximum absolute atomic E-state index is 13.3. The minimum absolute atomic E-state index is 0.0246. The van der Waals surface area contributed by atoms with Crippen molar-refractivity contribution in [2.24, 2.45) is 0 Å². The summed E-state index contributed by atoms with van der Waals surface area (Å²) in [6.07, 6.45) is 1.29. The van der Waals surface area contributed by atoms with Crippen molar-refractivity contribution in [1.29, 1.82) is 0 Å². The van der Waals surface area contributed by atoms with E-state index in [2.05, 4.69) is 5.32 Å². The van der Waals surface area contributed by atoms with E-state index in [1.165, 1.54) is 0 Å². The highest BCUT2D eigenvalue weighted by molar-refractivity contribution is 6.32. The fourth-order valence-electron chi connectivity index (χ4n) is 3.55. The molecule has 2 amide bonds. The van der Waals surface area contributed by atoms with Gasteiger partial charge in [0.15, 0.2) is 6.61 Å². The van der Waals surface area contributed by atoms with E-state index in [1.807, 2.05) is 71.0 Å². The van der Waals surface area contributed by atoms with E-state index in [9.17, 15) is 9.59 Å². The number of methoxy groups -OCH3 is 1. The smallest absolute Gasteiger partial charge is 0.261 e. The number of hydrogen-bond donors (Lipinski definition) is 1. The van der Waals surface area contributed by atoms with Crippen molar-refractivity contribution in [1.82, 2.24) is 10.2 Å². The predicted molar refractivity (Wildman–Crippen MR) is 132 cm³/mol. The zero-order chi connectivity index (χ0) is 24.5. The maximum Gasteiger partial charge on any atom is 0.261 e. The number of nitrogens with zero attached hydrogens (tertiary/aromatic N) is 1. The van der Waals surface area contributed by atoms with Crippen LogP contribution in [-0.2, 0) is 16.1 Å². The van der Waals surface area contributed by atoms with Crippen molar-refractivity contribution in [3.05, 3.63) is 58.1 Å². The van der Waals surface area contributed by atoms with Gasteiger partial charge in [0.2, 0.25) is 5.91 Å². The molecule has 33 heavy (non-hydrogen) atoms. The number of benzene rings is 2. The number of amides is 2. The lowest BCUT2D eigenvalue weighted by Gasteiger charge is -2.31. The van der Waals surface area contributed by atoms with Crippen LogP contribution in [0.5, 0.6) is 11.5 Å². The number of halogens is 1. The van der Waals surface area contributed by atoms with E-state index in [4.69, 9.17) is 21.1 Å². The average molecular weight is 475 g/mol. The molecule has 2 aromatic rings. The van der Waals surface area contributed by atoms with Gasteiger partial charge in [0.25, 0.3) is 5.91 Å². The quantitative estimate of drug-likeness (QED) is 0.494. The highest BCUT2D eigenvalue weighted by Gasteiger charge is 2.29. The normalized spacial score (nSPS) is 12.6. The molecule has 1 N–H and O–H groups in total. The molecule has 0 bridgehead atoms. The molecular formula is C26H35ClN2O4. The van der Waals surface area contributed by atoms with Gasteiger partial charge in [-0.2, -0.15) is 0 Å².